The summed E-state index contributed by atoms with van der Waals surface area (Å²) < 4.78 is 30.0. The molecule has 0 spiro atoms. The summed E-state index contributed by atoms with van der Waals surface area (Å²) in [5.41, 5.74) is 2.01. The Morgan fingerprint density at radius 2 is 1.89 bits per heavy atom. The SMILES string of the molecule is Cn1cnc(S(=O)(=O)Nc2cccc(Nc3nc4ccccc4s3)c2)c1Cl. The number of aromatic nitrogens is 3. The monoisotopic (exact) mass is 419 g/mol. The zero-order valence-electron chi connectivity index (χ0n) is 14.0. The van der Waals surface area contributed by atoms with Crippen molar-refractivity contribution < 1.29 is 8.42 Å². The highest BCUT2D eigenvalue weighted by Gasteiger charge is 2.22. The van der Waals surface area contributed by atoms with Gasteiger partial charge in [0, 0.05) is 12.7 Å². The highest BCUT2D eigenvalue weighted by Crippen LogP contribution is 2.29. The Bertz CT molecular complexity index is 1200. The van der Waals surface area contributed by atoms with Gasteiger partial charge in [0.2, 0.25) is 5.03 Å². The molecule has 0 aliphatic rings. The number of thiazole rings is 1. The number of benzene rings is 2. The van der Waals surface area contributed by atoms with Crippen LogP contribution in [0, 0.1) is 0 Å². The number of rotatable bonds is 5. The quantitative estimate of drug-likeness (QED) is 0.505. The molecule has 0 bridgehead atoms. The number of para-hydroxylation sites is 1. The second-order valence-electron chi connectivity index (χ2n) is 5.75. The highest BCUT2D eigenvalue weighted by atomic mass is 35.5. The molecule has 0 aliphatic heterocycles. The number of imidazole rings is 1. The molecule has 4 aromatic rings. The van der Waals surface area contributed by atoms with Crippen LogP contribution in [0.1, 0.15) is 0 Å². The van der Waals surface area contributed by atoms with E-state index in [1.54, 1.807) is 25.2 Å². The van der Waals surface area contributed by atoms with Gasteiger partial charge in [-0.2, -0.15) is 8.42 Å². The predicted octanol–water partition coefficient (Wildman–Crippen LogP) is 4.23. The first-order valence-corrected chi connectivity index (χ1v) is 10.5. The second-order valence-corrected chi connectivity index (χ2v) is 8.74. The van der Waals surface area contributed by atoms with Crippen LogP contribution < -0.4 is 10.0 Å². The summed E-state index contributed by atoms with van der Waals surface area (Å²) in [5, 5.41) is 3.76. The van der Waals surface area contributed by atoms with E-state index >= 15 is 0 Å². The van der Waals surface area contributed by atoms with Crippen LogP contribution in [0.25, 0.3) is 10.2 Å². The van der Waals surface area contributed by atoms with E-state index in [9.17, 15) is 8.42 Å². The Kier molecular flexibility index (Phi) is 4.50. The molecule has 2 N–H and O–H groups in total. The molecule has 10 heteroatoms. The molecule has 0 saturated heterocycles. The van der Waals surface area contributed by atoms with Crippen molar-refractivity contribution in [2.75, 3.05) is 10.0 Å². The van der Waals surface area contributed by atoms with Crippen LogP contribution in [0.3, 0.4) is 0 Å². The molecule has 138 valence electrons. The molecule has 4 rings (SSSR count). The third-order valence-corrected chi connectivity index (χ3v) is 6.57. The Labute approximate surface area is 164 Å². The lowest BCUT2D eigenvalue weighted by molar-refractivity contribution is 0.598. The average molecular weight is 420 g/mol. The van der Waals surface area contributed by atoms with Gasteiger partial charge in [-0.25, -0.2) is 9.97 Å². The highest BCUT2D eigenvalue weighted by molar-refractivity contribution is 7.92. The number of halogens is 1. The minimum atomic E-state index is -3.89. The first-order valence-electron chi connectivity index (χ1n) is 7.85. The molecule has 7 nitrogen and oxygen atoms in total. The van der Waals surface area contributed by atoms with E-state index in [-0.39, 0.29) is 10.2 Å². The van der Waals surface area contributed by atoms with Crippen LogP contribution >= 0.6 is 22.9 Å². The molecule has 0 amide bonds. The summed E-state index contributed by atoms with van der Waals surface area (Å²) >= 11 is 7.52. The first-order chi connectivity index (χ1) is 12.9. The molecule has 2 heterocycles. The van der Waals surface area contributed by atoms with Gasteiger partial charge in [0.1, 0.15) is 5.15 Å². The minimum absolute atomic E-state index is 0.0475. The summed E-state index contributed by atoms with van der Waals surface area (Å²) in [6.07, 6.45) is 1.35. The van der Waals surface area contributed by atoms with Gasteiger partial charge in [-0.15, -0.1) is 0 Å². The first kappa shape index (κ1) is 17.8. The maximum Gasteiger partial charge on any atom is 0.282 e. The normalized spacial score (nSPS) is 11.6. The van der Waals surface area contributed by atoms with Crippen LogP contribution in [0.15, 0.2) is 59.9 Å². The summed E-state index contributed by atoms with van der Waals surface area (Å²) in [6.45, 7) is 0. The molecule has 0 saturated carbocycles. The summed E-state index contributed by atoms with van der Waals surface area (Å²) in [7, 11) is -2.27. The van der Waals surface area contributed by atoms with Gasteiger partial charge in [-0.3, -0.25) is 4.72 Å². The lowest BCUT2D eigenvalue weighted by atomic mass is 10.3. The van der Waals surface area contributed by atoms with Gasteiger partial charge in [0.05, 0.1) is 22.2 Å². The van der Waals surface area contributed by atoms with Crippen molar-refractivity contribution in [2.45, 2.75) is 5.03 Å². The molecular weight excluding hydrogens is 406 g/mol. The van der Waals surface area contributed by atoms with Crippen molar-refractivity contribution >= 4 is 59.7 Å². The number of nitrogens with zero attached hydrogens (tertiary/aromatic N) is 3. The van der Waals surface area contributed by atoms with E-state index in [0.717, 1.165) is 15.3 Å². The van der Waals surface area contributed by atoms with Gasteiger partial charge in [0.25, 0.3) is 10.0 Å². The maximum absolute atomic E-state index is 12.5. The van der Waals surface area contributed by atoms with Crippen LogP contribution in [0.5, 0.6) is 0 Å². The van der Waals surface area contributed by atoms with Crippen LogP contribution in [0.4, 0.5) is 16.5 Å². The fourth-order valence-corrected chi connectivity index (χ4v) is 4.86. The number of nitrogens with one attached hydrogen (secondary N) is 2. The summed E-state index contributed by atoms with van der Waals surface area (Å²) in [4.78, 5) is 8.37. The van der Waals surface area contributed by atoms with E-state index in [1.807, 2.05) is 30.3 Å². The van der Waals surface area contributed by atoms with Crippen molar-refractivity contribution in [3.63, 3.8) is 0 Å². The van der Waals surface area contributed by atoms with Gasteiger partial charge >= 0.3 is 0 Å². The van der Waals surface area contributed by atoms with Crippen LogP contribution in [-0.4, -0.2) is 23.0 Å². The van der Waals surface area contributed by atoms with Crippen LogP contribution in [0.2, 0.25) is 5.15 Å². The fourth-order valence-electron chi connectivity index (χ4n) is 2.49. The second kappa shape index (κ2) is 6.84. The van der Waals surface area contributed by atoms with Gasteiger partial charge in [-0.1, -0.05) is 41.1 Å². The smallest absolute Gasteiger partial charge is 0.282 e. The van der Waals surface area contributed by atoms with E-state index < -0.39 is 10.0 Å². The van der Waals surface area contributed by atoms with Crippen molar-refractivity contribution in [1.82, 2.24) is 14.5 Å². The molecular formula is C17H14ClN5O2S2. The summed E-state index contributed by atoms with van der Waals surface area (Å²) in [5.74, 6) is 0. The molecule has 27 heavy (non-hydrogen) atoms. The minimum Gasteiger partial charge on any atom is -0.331 e. The Morgan fingerprint density at radius 1 is 1.11 bits per heavy atom. The Balaban J connectivity index is 1.58. The van der Waals surface area contributed by atoms with Gasteiger partial charge in [0.15, 0.2) is 5.13 Å². The van der Waals surface area contributed by atoms with E-state index in [0.29, 0.717) is 11.4 Å². The lowest BCUT2D eigenvalue weighted by Gasteiger charge is -2.09. The average Bonchev–Trinajstić information content (AvgIpc) is 3.18. The van der Waals surface area contributed by atoms with Gasteiger partial charge < -0.3 is 9.88 Å². The zero-order chi connectivity index (χ0) is 19.0. The lowest BCUT2D eigenvalue weighted by Crippen LogP contribution is -2.14. The van der Waals surface area contributed by atoms with Gasteiger partial charge in [-0.05, 0) is 30.3 Å². The van der Waals surface area contributed by atoms with E-state index in [4.69, 9.17) is 11.6 Å². The number of fused-ring (bicyclic) bond motifs is 1. The zero-order valence-corrected chi connectivity index (χ0v) is 16.4. The van der Waals surface area contributed by atoms with Crippen molar-refractivity contribution in [3.05, 3.63) is 60.0 Å². The van der Waals surface area contributed by atoms with Crippen molar-refractivity contribution in [1.29, 1.82) is 0 Å². The number of aryl methyl sites for hydroxylation is 1. The maximum atomic E-state index is 12.5. The Hall–Kier alpha value is -2.62. The van der Waals surface area contributed by atoms with E-state index in [1.165, 1.54) is 22.2 Å². The molecule has 0 aliphatic carbocycles. The molecule has 0 fully saturated rings. The number of sulfonamides is 1. The molecule has 0 radical (unpaired) electrons. The molecule has 2 aromatic heterocycles. The Morgan fingerprint density at radius 3 is 2.63 bits per heavy atom. The van der Waals surface area contributed by atoms with Crippen LogP contribution in [-0.2, 0) is 17.1 Å². The molecule has 0 atom stereocenters. The standard InChI is InChI=1S/C17H14ClN5O2S2/c1-23-10-19-16(15(23)18)27(24,25)22-12-6-4-5-11(9-12)20-17-21-13-7-2-3-8-14(13)26-17/h2-10,22H,1H3,(H,20,21). The predicted molar refractivity (Wildman–Crippen MR) is 108 cm³/mol. The third kappa shape index (κ3) is 3.61. The summed E-state index contributed by atoms with van der Waals surface area (Å²) in [6, 6.07) is 14.7. The number of anilines is 3. The number of hydrogen-bond acceptors (Lipinski definition) is 6. The largest absolute Gasteiger partial charge is 0.331 e. The van der Waals surface area contributed by atoms with E-state index in [2.05, 4.69) is 20.0 Å². The third-order valence-electron chi connectivity index (χ3n) is 3.75. The fraction of sp³-hybridized carbons (Fsp3) is 0.0588. The molecule has 0 unspecified atom stereocenters. The molecule has 2 aromatic carbocycles. The van der Waals surface area contributed by atoms with Crippen molar-refractivity contribution in [2.24, 2.45) is 7.05 Å². The van der Waals surface area contributed by atoms with Crippen molar-refractivity contribution in [3.8, 4) is 0 Å². The number of hydrogen-bond donors (Lipinski definition) is 2. The topological polar surface area (TPSA) is 88.9 Å².